The van der Waals surface area contributed by atoms with E-state index < -0.39 is 11.2 Å². The average molecular weight is 334 g/mol. The van der Waals surface area contributed by atoms with Crippen molar-refractivity contribution in [2.24, 2.45) is 0 Å². The molecular weight excluding hydrogens is 320 g/mol. The van der Waals surface area contributed by atoms with Crippen molar-refractivity contribution in [3.63, 3.8) is 0 Å². The van der Waals surface area contributed by atoms with Gasteiger partial charge in [-0.3, -0.25) is 9.78 Å². The van der Waals surface area contributed by atoms with Gasteiger partial charge in [0.2, 0.25) is 0 Å². The van der Waals surface area contributed by atoms with E-state index in [1.165, 1.54) is 0 Å². The number of nitrogens with zero attached hydrogens (tertiary/aromatic N) is 3. The summed E-state index contributed by atoms with van der Waals surface area (Å²) in [5.74, 6) is 0.478. The van der Waals surface area contributed by atoms with E-state index in [1.54, 1.807) is 12.1 Å². The molecule has 2 aromatic carbocycles. The van der Waals surface area contributed by atoms with Gasteiger partial charge in [-0.05, 0) is 36.2 Å². The van der Waals surface area contributed by atoms with Gasteiger partial charge in [-0.25, -0.2) is 9.78 Å². The molecule has 124 valence electrons. The van der Waals surface area contributed by atoms with E-state index >= 15 is 0 Å². The summed E-state index contributed by atoms with van der Waals surface area (Å²) in [5.41, 5.74) is 1.39. The highest BCUT2D eigenvalue weighted by atomic mass is 16.3. The summed E-state index contributed by atoms with van der Waals surface area (Å²) in [4.78, 5) is 34.2. The SMILES string of the molecule is O=c1nc2n(CCc3ccc(O)cc3)c3ccccc3nc-2c(=O)[nH]1. The molecule has 0 amide bonds. The van der Waals surface area contributed by atoms with Gasteiger partial charge < -0.3 is 9.67 Å². The van der Waals surface area contributed by atoms with Crippen molar-refractivity contribution in [3.05, 3.63) is 74.9 Å². The molecule has 0 radical (unpaired) electrons. The highest BCUT2D eigenvalue weighted by molar-refractivity contribution is 5.79. The Morgan fingerprint density at radius 1 is 1.00 bits per heavy atom. The Morgan fingerprint density at radius 3 is 2.56 bits per heavy atom. The molecule has 0 saturated heterocycles. The minimum Gasteiger partial charge on any atom is -0.508 e. The number of hydrogen-bond donors (Lipinski definition) is 2. The lowest BCUT2D eigenvalue weighted by Crippen LogP contribution is -2.29. The molecule has 0 bridgehead atoms. The van der Waals surface area contributed by atoms with E-state index in [4.69, 9.17) is 0 Å². The van der Waals surface area contributed by atoms with Crippen LogP contribution in [0.3, 0.4) is 0 Å². The first-order valence-corrected chi connectivity index (χ1v) is 7.79. The third-order valence-corrected chi connectivity index (χ3v) is 4.08. The molecule has 0 aliphatic carbocycles. The van der Waals surface area contributed by atoms with E-state index in [2.05, 4.69) is 15.0 Å². The smallest absolute Gasteiger partial charge is 0.349 e. The number of rotatable bonds is 3. The number of phenolic OH excluding ortho intramolecular Hbond substituents is 1. The molecule has 2 aliphatic heterocycles. The van der Waals surface area contributed by atoms with Crippen LogP contribution in [0.4, 0.5) is 0 Å². The number of para-hydroxylation sites is 2. The van der Waals surface area contributed by atoms with Gasteiger partial charge in [0, 0.05) is 6.54 Å². The number of H-pyrrole nitrogens is 1. The predicted molar refractivity (Wildman–Crippen MR) is 92.9 cm³/mol. The minimum atomic E-state index is -0.687. The van der Waals surface area contributed by atoms with Crippen LogP contribution in [0.1, 0.15) is 5.56 Å². The molecule has 0 atom stereocenters. The van der Waals surface area contributed by atoms with Gasteiger partial charge in [0.15, 0.2) is 11.5 Å². The zero-order valence-corrected chi connectivity index (χ0v) is 13.1. The number of benzene rings is 2. The Hall–Kier alpha value is -3.48. The fraction of sp³-hybridized carbons (Fsp3) is 0.111. The molecule has 7 nitrogen and oxygen atoms in total. The number of aromatic nitrogens is 4. The van der Waals surface area contributed by atoms with Gasteiger partial charge in [-0.1, -0.05) is 24.3 Å². The largest absolute Gasteiger partial charge is 0.508 e. The summed E-state index contributed by atoms with van der Waals surface area (Å²) in [6.45, 7) is 0.514. The molecule has 0 aromatic heterocycles. The Balaban J connectivity index is 1.88. The number of aromatic amines is 1. The van der Waals surface area contributed by atoms with E-state index in [-0.39, 0.29) is 17.3 Å². The maximum absolute atomic E-state index is 12.1. The second kappa shape index (κ2) is 5.86. The van der Waals surface area contributed by atoms with Gasteiger partial charge >= 0.3 is 5.69 Å². The van der Waals surface area contributed by atoms with Crippen molar-refractivity contribution in [2.75, 3.05) is 0 Å². The molecule has 2 aliphatic rings. The predicted octanol–water partition coefficient (Wildman–Crippen LogP) is 1.53. The van der Waals surface area contributed by atoms with Crippen molar-refractivity contribution in [3.8, 4) is 17.3 Å². The van der Waals surface area contributed by atoms with Gasteiger partial charge in [-0.2, -0.15) is 4.98 Å². The first-order chi connectivity index (χ1) is 12.1. The van der Waals surface area contributed by atoms with Crippen molar-refractivity contribution >= 4 is 11.0 Å². The first-order valence-electron chi connectivity index (χ1n) is 7.79. The molecular formula is C18H14N4O3. The van der Waals surface area contributed by atoms with E-state index in [9.17, 15) is 14.7 Å². The number of phenols is 1. The van der Waals surface area contributed by atoms with Crippen molar-refractivity contribution in [1.82, 2.24) is 19.5 Å². The van der Waals surface area contributed by atoms with Crippen LogP contribution in [0.15, 0.2) is 58.1 Å². The monoisotopic (exact) mass is 334 g/mol. The van der Waals surface area contributed by atoms with Crippen molar-refractivity contribution < 1.29 is 5.11 Å². The number of aryl methyl sites for hydroxylation is 2. The number of aromatic hydroxyl groups is 1. The van der Waals surface area contributed by atoms with Crippen molar-refractivity contribution in [1.29, 1.82) is 0 Å². The minimum absolute atomic E-state index is 0.143. The lowest BCUT2D eigenvalue weighted by Gasteiger charge is -2.16. The van der Waals surface area contributed by atoms with Crippen LogP contribution < -0.4 is 11.2 Å². The highest BCUT2D eigenvalue weighted by Crippen LogP contribution is 2.21. The molecule has 25 heavy (non-hydrogen) atoms. The first kappa shape index (κ1) is 15.1. The van der Waals surface area contributed by atoms with Crippen LogP contribution >= 0.6 is 0 Å². The van der Waals surface area contributed by atoms with Crippen LogP contribution in [0, 0.1) is 0 Å². The summed E-state index contributed by atoms with van der Waals surface area (Å²) in [5, 5.41) is 9.39. The second-order valence-corrected chi connectivity index (χ2v) is 5.71. The molecule has 0 unspecified atom stereocenters. The lowest BCUT2D eigenvalue weighted by atomic mass is 10.1. The molecule has 7 heteroatoms. The van der Waals surface area contributed by atoms with Crippen LogP contribution in [0.2, 0.25) is 0 Å². The average Bonchev–Trinajstić information content (AvgIpc) is 2.61. The number of hydrogen-bond acceptors (Lipinski definition) is 5. The molecule has 2 aromatic rings. The normalized spacial score (nSPS) is 11.2. The molecule has 4 rings (SSSR count). The van der Waals surface area contributed by atoms with Crippen LogP contribution in [0.25, 0.3) is 22.6 Å². The Labute approximate surface area is 141 Å². The van der Waals surface area contributed by atoms with Crippen LogP contribution in [-0.2, 0) is 13.0 Å². The molecule has 2 N–H and O–H groups in total. The molecule has 2 heterocycles. The summed E-state index contributed by atoms with van der Waals surface area (Å²) in [6.07, 6.45) is 0.650. The zero-order valence-electron chi connectivity index (χ0n) is 13.1. The summed E-state index contributed by atoms with van der Waals surface area (Å²) >= 11 is 0. The van der Waals surface area contributed by atoms with Crippen LogP contribution in [-0.4, -0.2) is 24.6 Å². The third kappa shape index (κ3) is 2.76. The fourth-order valence-corrected chi connectivity index (χ4v) is 2.88. The quantitative estimate of drug-likeness (QED) is 0.553. The van der Waals surface area contributed by atoms with Gasteiger partial charge in [0.25, 0.3) is 5.56 Å². The summed E-state index contributed by atoms with van der Waals surface area (Å²) < 4.78 is 1.83. The molecule has 0 spiro atoms. The summed E-state index contributed by atoms with van der Waals surface area (Å²) in [6, 6.07) is 14.3. The van der Waals surface area contributed by atoms with Gasteiger partial charge in [0.05, 0.1) is 11.0 Å². The maximum Gasteiger partial charge on any atom is 0.349 e. The van der Waals surface area contributed by atoms with Crippen LogP contribution in [0.5, 0.6) is 5.75 Å². The zero-order chi connectivity index (χ0) is 17.4. The Bertz CT molecular complexity index is 1150. The topological polar surface area (TPSA) is 101 Å². The third-order valence-electron chi connectivity index (χ3n) is 4.08. The van der Waals surface area contributed by atoms with Gasteiger partial charge in [0.1, 0.15) is 5.75 Å². The summed E-state index contributed by atoms with van der Waals surface area (Å²) in [7, 11) is 0. The molecule has 0 saturated carbocycles. The number of nitrogens with one attached hydrogen (secondary N) is 1. The number of fused-ring (bicyclic) bond motifs is 2. The fourth-order valence-electron chi connectivity index (χ4n) is 2.88. The second-order valence-electron chi connectivity index (χ2n) is 5.71. The Kier molecular flexibility index (Phi) is 3.53. The highest BCUT2D eigenvalue weighted by Gasteiger charge is 2.18. The Morgan fingerprint density at radius 2 is 1.76 bits per heavy atom. The van der Waals surface area contributed by atoms with Crippen molar-refractivity contribution in [2.45, 2.75) is 13.0 Å². The molecule has 0 fully saturated rings. The standard InChI is InChI=1S/C18H14N4O3/c23-12-7-5-11(6-8-12)9-10-22-14-4-2-1-3-13(14)19-15-16(22)20-18(25)21-17(15)24/h1-8,23H,9-10H2,(H,21,24,25). The lowest BCUT2D eigenvalue weighted by molar-refractivity contribution is 0.475. The van der Waals surface area contributed by atoms with E-state index in [0.717, 1.165) is 11.1 Å². The van der Waals surface area contributed by atoms with E-state index in [1.807, 2.05) is 41.0 Å². The van der Waals surface area contributed by atoms with E-state index in [0.29, 0.717) is 18.5 Å². The maximum atomic E-state index is 12.1. The van der Waals surface area contributed by atoms with Gasteiger partial charge in [-0.15, -0.1) is 0 Å².